The Labute approximate surface area is 120 Å². The number of carboxylic acid groups (broad SMARTS) is 1. The summed E-state index contributed by atoms with van der Waals surface area (Å²) < 4.78 is 7.13. The molecule has 0 saturated carbocycles. The molecule has 0 amide bonds. The van der Waals surface area contributed by atoms with Gasteiger partial charge in [0, 0.05) is 24.7 Å². The van der Waals surface area contributed by atoms with Crippen molar-refractivity contribution in [1.82, 2.24) is 14.8 Å². The van der Waals surface area contributed by atoms with E-state index in [0.717, 1.165) is 10.9 Å². The van der Waals surface area contributed by atoms with Gasteiger partial charge in [0.25, 0.3) is 0 Å². The largest absolute Gasteiger partial charge is 0.477 e. The number of aromatic nitrogens is 3. The Balaban J connectivity index is 2.04. The Morgan fingerprint density at radius 3 is 2.90 bits per heavy atom. The van der Waals surface area contributed by atoms with Crippen molar-refractivity contribution in [2.45, 2.75) is 6.92 Å². The summed E-state index contributed by atoms with van der Waals surface area (Å²) in [5.74, 6) is -0.337. The number of ether oxygens (including phenoxy) is 1. The second-order valence-corrected chi connectivity index (χ2v) is 4.65. The molecule has 0 aliphatic heterocycles. The van der Waals surface area contributed by atoms with E-state index in [2.05, 4.69) is 10.1 Å². The second-order valence-electron chi connectivity index (χ2n) is 4.65. The Hall–Kier alpha value is -2.89. The predicted octanol–water partition coefficient (Wildman–Crippen LogP) is 2.77. The molecular weight excluding hydrogens is 270 g/mol. The van der Waals surface area contributed by atoms with Crippen molar-refractivity contribution in [3.8, 4) is 11.6 Å². The van der Waals surface area contributed by atoms with Gasteiger partial charge in [-0.1, -0.05) is 6.07 Å². The molecule has 1 N–H and O–H groups in total. The zero-order chi connectivity index (χ0) is 15.0. The van der Waals surface area contributed by atoms with Crippen molar-refractivity contribution >= 4 is 16.9 Å². The highest BCUT2D eigenvalue weighted by Gasteiger charge is 2.21. The molecule has 2 aromatic heterocycles. The van der Waals surface area contributed by atoms with Crippen LogP contribution in [0, 0.1) is 6.92 Å². The molecule has 0 spiro atoms. The molecule has 0 unspecified atom stereocenters. The third-order valence-electron chi connectivity index (χ3n) is 3.18. The molecule has 6 heteroatoms. The maximum absolute atomic E-state index is 11.3. The van der Waals surface area contributed by atoms with Gasteiger partial charge < -0.3 is 9.84 Å². The van der Waals surface area contributed by atoms with E-state index in [1.165, 1.54) is 4.68 Å². The van der Waals surface area contributed by atoms with Gasteiger partial charge >= 0.3 is 5.97 Å². The molecule has 106 valence electrons. The SMILES string of the molecule is Cc1nn(C)c(Oc2ccc3cccnc3c2)c1C(=O)O. The summed E-state index contributed by atoms with van der Waals surface area (Å²) in [5, 5.41) is 14.3. The minimum absolute atomic E-state index is 0.0682. The predicted molar refractivity (Wildman–Crippen MR) is 76.7 cm³/mol. The van der Waals surface area contributed by atoms with Crippen LogP contribution in [0.1, 0.15) is 16.1 Å². The number of pyridine rings is 1. The zero-order valence-electron chi connectivity index (χ0n) is 11.6. The molecule has 6 nitrogen and oxygen atoms in total. The van der Waals surface area contributed by atoms with Crippen LogP contribution in [0.3, 0.4) is 0 Å². The summed E-state index contributed by atoms with van der Waals surface area (Å²) in [5.41, 5.74) is 1.27. The molecule has 21 heavy (non-hydrogen) atoms. The van der Waals surface area contributed by atoms with Crippen LogP contribution < -0.4 is 4.74 Å². The molecule has 0 atom stereocenters. The van der Waals surface area contributed by atoms with Crippen LogP contribution in [0.25, 0.3) is 10.9 Å². The van der Waals surface area contributed by atoms with Crippen molar-refractivity contribution in [2.75, 3.05) is 0 Å². The third kappa shape index (κ3) is 2.31. The van der Waals surface area contributed by atoms with Crippen LogP contribution in [0.15, 0.2) is 36.5 Å². The average molecular weight is 283 g/mol. The number of rotatable bonds is 3. The maximum atomic E-state index is 11.3. The number of aromatic carboxylic acids is 1. The van der Waals surface area contributed by atoms with Gasteiger partial charge in [-0.05, 0) is 25.1 Å². The minimum Gasteiger partial charge on any atom is -0.477 e. The lowest BCUT2D eigenvalue weighted by Gasteiger charge is -2.07. The number of nitrogens with zero attached hydrogens (tertiary/aromatic N) is 3. The van der Waals surface area contributed by atoms with Gasteiger partial charge in [-0.2, -0.15) is 5.10 Å². The highest BCUT2D eigenvalue weighted by atomic mass is 16.5. The summed E-state index contributed by atoms with van der Waals surface area (Å²) in [6, 6.07) is 9.22. The molecule has 0 bridgehead atoms. The molecule has 3 rings (SSSR count). The van der Waals surface area contributed by atoms with Gasteiger partial charge in [-0.25, -0.2) is 9.48 Å². The van der Waals surface area contributed by atoms with Crippen molar-refractivity contribution < 1.29 is 14.6 Å². The molecular formula is C15H13N3O3. The maximum Gasteiger partial charge on any atom is 0.343 e. The number of benzene rings is 1. The first-order chi connectivity index (χ1) is 10.1. The summed E-state index contributed by atoms with van der Waals surface area (Å²) in [6.07, 6.45) is 1.70. The lowest BCUT2D eigenvalue weighted by Crippen LogP contribution is -2.02. The third-order valence-corrected chi connectivity index (χ3v) is 3.18. The fourth-order valence-corrected chi connectivity index (χ4v) is 2.22. The molecule has 0 saturated heterocycles. The van der Waals surface area contributed by atoms with Crippen LogP contribution in [-0.4, -0.2) is 25.8 Å². The first-order valence-corrected chi connectivity index (χ1v) is 6.36. The molecule has 2 heterocycles. The van der Waals surface area contributed by atoms with Crippen molar-refractivity contribution in [2.24, 2.45) is 7.05 Å². The van der Waals surface area contributed by atoms with E-state index in [9.17, 15) is 9.90 Å². The smallest absolute Gasteiger partial charge is 0.343 e. The summed E-state index contributed by atoms with van der Waals surface area (Å²) in [6.45, 7) is 1.64. The highest BCUT2D eigenvalue weighted by Crippen LogP contribution is 2.28. The fourth-order valence-electron chi connectivity index (χ4n) is 2.22. The molecule has 1 aromatic carbocycles. The van der Waals surface area contributed by atoms with Crippen molar-refractivity contribution in [3.63, 3.8) is 0 Å². The Morgan fingerprint density at radius 2 is 2.14 bits per heavy atom. The Bertz CT molecular complexity index is 839. The average Bonchev–Trinajstić information content (AvgIpc) is 2.73. The Morgan fingerprint density at radius 1 is 1.33 bits per heavy atom. The lowest BCUT2D eigenvalue weighted by atomic mass is 10.2. The monoisotopic (exact) mass is 283 g/mol. The van der Waals surface area contributed by atoms with Crippen LogP contribution in [0.4, 0.5) is 0 Å². The summed E-state index contributed by atoms with van der Waals surface area (Å²) >= 11 is 0. The van der Waals surface area contributed by atoms with Gasteiger partial charge in [0.05, 0.1) is 11.2 Å². The zero-order valence-corrected chi connectivity index (χ0v) is 11.6. The number of hydrogen-bond acceptors (Lipinski definition) is 4. The van der Waals surface area contributed by atoms with E-state index in [1.807, 2.05) is 18.2 Å². The first-order valence-electron chi connectivity index (χ1n) is 6.36. The number of hydrogen-bond donors (Lipinski definition) is 1. The van der Waals surface area contributed by atoms with E-state index in [4.69, 9.17) is 4.74 Å². The number of carboxylic acids is 1. The van der Waals surface area contributed by atoms with Gasteiger partial charge in [0.2, 0.25) is 5.88 Å². The molecule has 0 fully saturated rings. The van der Waals surface area contributed by atoms with Crippen LogP contribution in [0.5, 0.6) is 11.6 Å². The molecule has 0 aliphatic carbocycles. The van der Waals surface area contributed by atoms with Crippen LogP contribution in [-0.2, 0) is 7.05 Å². The molecule has 0 radical (unpaired) electrons. The standard InChI is InChI=1S/C15H13N3O3/c1-9-13(15(19)20)14(18(2)17-9)21-11-6-5-10-4-3-7-16-12(10)8-11/h3-8H,1-2H3,(H,19,20). The van der Waals surface area contributed by atoms with E-state index in [0.29, 0.717) is 11.4 Å². The van der Waals surface area contributed by atoms with E-state index < -0.39 is 5.97 Å². The van der Waals surface area contributed by atoms with Gasteiger partial charge in [-0.3, -0.25) is 4.98 Å². The topological polar surface area (TPSA) is 77.2 Å². The second kappa shape index (κ2) is 4.90. The Kier molecular flexibility index (Phi) is 3.06. The van der Waals surface area contributed by atoms with Crippen molar-refractivity contribution in [3.05, 3.63) is 47.8 Å². The van der Waals surface area contributed by atoms with E-state index in [1.54, 1.807) is 32.3 Å². The normalized spacial score (nSPS) is 10.8. The molecule has 3 aromatic rings. The van der Waals surface area contributed by atoms with Crippen LogP contribution >= 0.6 is 0 Å². The number of fused-ring (bicyclic) bond motifs is 1. The number of carbonyl (C=O) groups is 1. The van der Waals surface area contributed by atoms with Gasteiger partial charge in [0.15, 0.2) is 0 Å². The highest BCUT2D eigenvalue weighted by molar-refractivity contribution is 5.91. The minimum atomic E-state index is -1.06. The van der Waals surface area contributed by atoms with Crippen molar-refractivity contribution in [1.29, 1.82) is 0 Å². The van der Waals surface area contributed by atoms with Crippen LogP contribution in [0.2, 0.25) is 0 Å². The summed E-state index contributed by atoms with van der Waals surface area (Å²) in [4.78, 5) is 15.6. The van der Waals surface area contributed by atoms with E-state index in [-0.39, 0.29) is 11.4 Å². The lowest BCUT2D eigenvalue weighted by molar-refractivity contribution is 0.0693. The quantitative estimate of drug-likeness (QED) is 0.799. The fraction of sp³-hybridized carbons (Fsp3) is 0.133. The molecule has 0 aliphatic rings. The van der Waals surface area contributed by atoms with Gasteiger partial charge in [-0.15, -0.1) is 0 Å². The van der Waals surface area contributed by atoms with Gasteiger partial charge in [0.1, 0.15) is 11.3 Å². The first kappa shape index (κ1) is 13.1. The summed E-state index contributed by atoms with van der Waals surface area (Å²) in [7, 11) is 1.65. The number of aryl methyl sites for hydroxylation is 2. The van der Waals surface area contributed by atoms with E-state index >= 15 is 0 Å².